The van der Waals surface area contributed by atoms with Gasteiger partial charge in [-0.05, 0) is 61.8 Å². The molecule has 6 aromatic rings. The Labute approximate surface area is 308 Å². The maximum atomic E-state index is 12.6. The summed E-state index contributed by atoms with van der Waals surface area (Å²) in [6.45, 7) is 12.0. The lowest BCUT2D eigenvalue weighted by molar-refractivity contribution is -0.118. The van der Waals surface area contributed by atoms with Gasteiger partial charge in [-0.1, -0.05) is 73.0 Å². The zero-order valence-corrected chi connectivity index (χ0v) is 31.1. The molecule has 52 heavy (non-hydrogen) atoms. The van der Waals surface area contributed by atoms with Crippen LogP contribution < -0.4 is 0 Å². The molecule has 1 saturated heterocycles. The van der Waals surface area contributed by atoms with Crippen molar-refractivity contribution in [2.45, 2.75) is 91.6 Å². The van der Waals surface area contributed by atoms with Gasteiger partial charge < -0.3 is 4.74 Å². The highest BCUT2D eigenvalue weighted by Gasteiger charge is 2.34. The number of carbonyl (C=O) groups excluding carboxylic acids is 2. The summed E-state index contributed by atoms with van der Waals surface area (Å²) in [6.07, 6.45) is 13.2. The Morgan fingerprint density at radius 1 is 0.731 bits per heavy atom. The van der Waals surface area contributed by atoms with Crippen molar-refractivity contribution >= 4 is 45.2 Å². The van der Waals surface area contributed by atoms with Gasteiger partial charge in [0, 0.05) is 58.0 Å². The number of hydrogen-bond acceptors (Lipinski definition) is 9. The van der Waals surface area contributed by atoms with E-state index in [1.54, 1.807) is 0 Å². The van der Waals surface area contributed by atoms with Crippen molar-refractivity contribution in [3.63, 3.8) is 0 Å². The fraction of sp³-hybridized carbons (Fsp3) is 0.400. The van der Waals surface area contributed by atoms with Crippen molar-refractivity contribution in [2.75, 3.05) is 13.2 Å². The molecule has 1 fully saturated rings. The molecule has 1 atom stereocenters. The van der Waals surface area contributed by atoms with Crippen LogP contribution in [0.1, 0.15) is 84.5 Å². The number of halogens is 1. The Bertz CT molecular complexity index is 2180. The van der Waals surface area contributed by atoms with E-state index in [9.17, 15) is 9.59 Å². The topological polar surface area (TPSA) is 131 Å². The molecule has 1 unspecified atom stereocenters. The fourth-order valence-corrected chi connectivity index (χ4v) is 6.85. The lowest BCUT2D eigenvalue weighted by Crippen LogP contribution is -2.10. The first kappa shape index (κ1) is 36.9. The molecule has 11 nitrogen and oxygen atoms in total. The first-order valence-corrected chi connectivity index (χ1v) is 18.4. The maximum absolute atomic E-state index is 12.6. The quantitative estimate of drug-likeness (QED) is 0.170. The third-order valence-electron chi connectivity index (χ3n) is 9.15. The third-order valence-corrected chi connectivity index (χ3v) is 9.45. The number of aryl methyl sites for hydroxylation is 4. The summed E-state index contributed by atoms with van der Waals surface area (Å²) >= 11 is 5.87. The van der Waals surface area contributed by atoms with Gasteiger partial charge in [-0.25, -0.2) is 19.9 Å². The van der Waals surface area contributed by atoms with Crippen LogP contribution in [0.3, 0.4) is 0 Å². The van der Waals surface area contributed by atoms with Crippen LogP contribution in [0.15, 0.2) is 61.4 Å². The smallest absolute Gasteiger partial charge is 0.185 e. The number of nitrogens with zero attached hydrogens (tertiary/aromatic N) is 8. The molecule has 2 aromatic carbocycles. The van der Waals surface area contributed by atoms with Gasteiger partial charge in [0.2, 0.25) is 0 Å². The Balaban J connectivity index is 0.000000135. The van der Waals surface area contributed by atoms with Crippen molar-refractivity contribution in [1.29, 1.82) is 0 Å². The Hall–Kier alpha value is -4.87. The van der Waals surface area contributed by atoms with E-state index in [4.69, 9.17) is 16.3 Å². The fourth-order valence-electron chi connectivity index (χ4n) is 6.67. The molecule has 4 aromatic heterocycles. The molecule has 1 aliphatic heterocycles. The molecule has 0 radical (unpaired) electrons. The number of ketones is 2. The lowest BCUT2D eigenvalue weighted by Gasteiger charge is -2.11. The van der Waals surface area contributed by atoms with E-state index in [-0.39, 0.29) is 11.7 Å². The summed E-state index contributed by atoms with van der Waals surface area (Å²) in [4.78, 5) is 40.3. The van der Waals surface area contributed by atoms with Crippen LogP contribution in [0, 0.1) is 13.8 Å². The van der Waals surface area contributed by atoms with Crippen LogP contribution in [-0.4, -0.2) is 64.3 Å². The minimum atomic E-state index is -0.297. The molecule has 3 aliphatic rings. The Morgan fingerprint density at radius 3 is 1.96 bits per heavy atom. The van der Waals surface area contributed by atoms with E-state index >= 15 is 0 Å². The van der Waals surface area contributed by atoms with Crippen LogP contribution in [0.2, 0.25) is 5.15 Å². The van der Waals surface area contributed by atoms with Gasteiger partial charge in [0.05, 0.1) is 22.4 Å². The van der Waals surface area contributed by atoms with Gasteiger partial charge in [-0.3, -0.25) is 19.0 Å². The molecule has 0 amide bonds. The Morgan fingerprint density at radius 2 is 1.33 bits per heavy atom. The molecule has 0 spiro atoms. The zero-order chi connectivity index (χ0) is 36.6. The van der Waals surface area contributed by atoms with Crippen molar-refractivity contribution < 1.29 is 14.3 Å². The van der Waals surface area contributed by atoms with E-state index in [0.717, 1.165) is 72.3 Å². The van der Waals surface area contributed by atoms with E-state index in [2.05, 4.69) is 94.2 Å². The van der Waals surface area contributed by atoms with Gasteiger partial charge in [-0.2, -0.15) is 10.2 Å². The average Bonchev–Trinajstić information content (AvgIpc) is 3.96. The number of fused-ring (bicyclic) bond motifs is 4. The number of ether oxygens (including phenoxy) is 1. The first-order valence-electron chi connectivity index (χ1n) is 18.1. The second-order valence-electron chi connectivity index (χ2n) is 13.4. The highest BCUT2D eigenvalue weighted by atomic mass is 35.5. The monoisotopic (exact) mass is 720 g/mol. The molecule has 9 rings (SSSR count). The second kappa shape index (κ2) is 17.1. The first-order chi connectivity index (χ1) is 25.2. The highest BCUT2D eigenvalue weighted by Crippen LogP contribution is 2.37. The minimum Gasteiger partial charge on any atom is -0.381 e. The molecule has 5 heterocycles. The molecule has 270 valence electrons. The molecule has 12 heteroatoms. The SMILES string of the molecule is C1CCOC1.CCCn1cc2c(C3C(=O)Cc4ccc(C)cc43)ncnc2n1.CCCn1cc2c(Cl)ncnc2n1.Cc1ccc2c(c1)CC(=O)C2. The van der Waals surface area contributed by atoms with Crippen LogP contribution in [-0.2, 0) is 46.7 Å². The summed E-state index contributed by atoms with van der Waals surface area (Å²) in [5.41, 5.74) is 9.17. The molecule has 2 aliphatic carbocycles. The summed E-state index contributed by atoms with van der Waals surface area (Å²) in [5, 5.41) is 10.9. The summed E-state index contributed by atoms with van der Waals surface area (Å²) in [7, 11) is 0. The standard InChI is InChI=1S/C18H18N4O.C10H10O.C8H9ClN4.C4H8O/c1-3-6-22-9-14-17(19-10-20-18(14)21-22)16-13-7-11(2)4-5-12(13)8-15(16)23;1-7-2-3-8-5-10(11)6-9(8)4-7;1-2-3-13-4-6-7(9)10-5-11-8(6)12-13;1-2-4-5-3-1/h4-5,7,9-10,16H,3,6,8H2,1-2H3;2-4H,5-6H2,1H3;4-5H,2-3H2,1H3;1-4H2. The van der Waals surface area contributed by atoms with E-state index in [1.807, 2.05) is 21.8 Å². The minimum absolute atomic E-state index is 0.203. The molecule has 0 bridgehead atoms. The summed E-state index contributed by atoms with van der Waals surface area (Å²) < 4.78 is 8.67. The predicted octanol–water partition coefficient (Wildman–Crippen LogP) is 7.15. The average molecular weight is 721 g/mol. The molecular weight excluding hydrogens is 676 g/mol. The number of rotatable bonds is 5. The largest absolute Gasteiger partial charge is 0.381 e. The van der Waals surface area contributed by atoms with E-state index in [0.29, 0.717) is 41.5 Å². The molecule has 0 saturated carbocycles. The third kappa shape index (κ3) is 8.77. The number of Topliss-reactive ketones (excluding diaryl/α,β-unsaturated/α-hetero) is 2. The van der Waals surface area contributed by atoms with E-state index in [1.165, 1.54) is 42.2 Å². The zero-order valence-electron chi connectivity index (χ0n) is 30.3. The van der Waals surface area contributed by atoms with Crippen LogP contribution in [0.4, 0.5) is 0 Å². The summed E-state index contributed by atoms with van der Waals surface area (Å²) in [5.74, 6) is 0.258. The van der Waals surface area contributed by atoms with Gasteiger partial charge in [0.15, 0.2) is 17.1 Å². The van der Waals surface area contributed by atoms with Gasteiger partial charge in [0.1, 0.15) is 23.6 Å². The Kier molecular flexibility index (Phi) is 12.1. The van der Waals surface area contributed by atoms with Crippen molar-refractivity contribution in [1.82, 2.24) is 39.5 Å². The van der Waals surface area contributed by atoms with Gasteiger partial charge >= 0.3 is 0 Å². The molecular formula is C40H45ClN8O3. The van der Waals surface area contributed by atoms with Gasteiger partial charge in [-0.15, -0.1) is 0 Å². The summed E-state index contributed by atoms with van der Waals surface area (Å²) in [6, 6.07) is 12.5. The van der Waals surface area contributed by atoms with Crippen molar-refractivity contribution in [3.8, 4) is 0 Å². The predicted molar refractivity (Wildman–Crippen MR) is 202 cm³/mol. The maximum Gasteiger partial charge on any atom is 0.185 e. The number of aromatic nitrogens is 8. The van der Waals surface area contributed by atoms with Crippen LogP contribution in [0.25, 0.3) is 22.1 Å². The number of hydrogen-bond donors (Lipinski definition) is 0. The van der Waals surface area contributed by atoms with Crippen molar-refractivity contribution in [2.24, 2.45) is 0 Å². The van der Waals surface area contributed by atoms with Crippen LogP contribution >= 0.6 is 11.6 Å². The number of benzene rings is 2. The normalized spacial score (nSPS) is 15.8. The van der Waals surface area contributed by atoms with E-state index < -0.39 is 0 Å². The number of carbonyl (C=O) groups is 2. The highest BCUT2D eigenvalue weighted by molar-refractivity contribution is 6.33. The van der Waals surface area contributed by atoms with Crippen molar-refractivity contribution in [3.05, 3.63) is 106 Å². The van der Waals surface area contributed by atoms with Gasteiger partial charge in [0.25, 0.3) is 0 Å². The second-order valence-corrected chi connectivity index (χ2v) is 13.8. The lowest BCUT2D eigenvalue weighted by atomic mass is 9.94. The molecule has 0 N–H and O–H groups in total. The van der Waals surface area contributed by atoms with Crippen LogP contribution in [0.5, 0.6) is 0 Å².